The van der Waals surface area contributed by atoms with Gasteiger partial charge in [0.05, 0.1) is 5.56 Å². The van der Waals surface area contributed by atoms with Crippen LogP contribution in [-0.4, -0.2) is 17.6 Å². The van der Waals surface area contributed by atoms with Crippen LogP contribution >= 0.6 is 0 Å². The average molecular weight is 265 g/mol. The molecule has 0 radical (unpaired) electrons. The van der Waals surface area contributed by atoms with Gasteiger partial charge in [-0.15, -0.1) is 0 Å². The van der Waals surface area contributed by atoms with Crippen molar-refractivity contribution in [1.82, 2.24) is 0 Å². The fourth-order valence-electron chi connectivity index (χ4n) is 2.63. The molecule has 4 heteroatoms. The average Bonchev–Trinajstić information content (AvgIpc) is 2.66. The Hall–Kier alpha value is -1.58. The molecule has 1 fully saturated rings. The zero-order chi connectivity index (χ0) is 13.7. The zero-order valence-corrected chi connectivity index (χ0v) is 11.0. The van der Waals surface area contributed by atoms with E-state index >= 15 is 0 Å². The lowest BCUT2D eigenvalue weighted by Crippen LogP contribution is -2.14. The lowest BCUT2D eigenvalue weighted by Gasteiger charge is -2.16. The maximum atomic E-state index is 13.3. The van der Waals surface area contributed by atoms with E-state index in [9.17, 15) is 9.18 Å². The Bertz CT molecular complexity index is 440. The van der Waals surface area contributed by atoms with E-state index in [0.717, 1.165) is 6.54 Å². The minimum absolute atomic E-state index is 0.272. The number of carbonyl (C=O) groups is 1. The number of hydrogen-bond acceptors (Lipinski definition) is 2. The topological polar surface area (TPSA) is 49.3 Å². The van der Waals surface area contributed by atoms with Crippen molar-refractivity contribution in [2.45, 2.75) is 38.5 Å². The molecule has 0 atom stereocenters. The normalized spacial score (nSPS) is 16.9. The van der Waals surface area contributed by atoms with E-state index in [4.69, 9.17) is 5.11 Å². The van der Waals surface area contributed by atoms with Crippen molar-refractivity contribution >= 4 is 11.7 Å². The number of anilines is 1. The van der Waals surface area contributed by atoms with Gasteiger partial charge in [0.25, 0.3) is 0 Å². The van der Waals surface area contributed by atoms with Gasteiger partial charge in [0, 0.05) is 12.2 Å². The van der Waals surface area contributed by atoms with Crippen molar-refractivity contribution in [2.75, 3.05) is 11.9 Å². The van der Waals surface area contributed by atoms with Gasteiger partial charge in [0.2, 0.25) is 0 Å². The van der Waals surface area contributed by atoms with Gasteiger partial charge >= 0.3 is 5.97 Å². The van der Waals surface area contributed by atoms with Crippen molar-refractivity contribution in [2.24, 2.45) is 5.92 Å². The minimum atomic E-state index is -1.23. The third-order valence-electron chi connectivity index (χ3n) is 3.77. The highest BCUT2D eigenvalue weighted by atomic mass is 19.1. The molecule has 0 spiro atoms. The van der Waals surface area contributed by atoms with Crippen molar-refractivity contribution in [1.29, 1.82) is 0 Å². The number of hydrogen-bond donors (Lipinski definition) is 2. The van der Waals surface area contributed by atoms with E-state index in [-0.39, 0.29) is 5.56 Å². The van der Waals surface area contributed by atoms with Gasteiger partial charge in [0.1, 0.15) is 5.82 Å². The Balaban J connectivity index is 1.95. The number of halogens is 1. The maximum absolute atomic E-state index is 13.3. The quantitative estimate of drug-likeness (QED) is 0.811. The molecule has 1 aliphatic rings. The van der Waals surface area contributed by atoms with Gasteiger partial charge in [-0.25, -0.2) is 9.18 Å². The molecule has 19 heavy (non-hydrogen) atoms. The third kappa shape index (κ3) is 3.94. The summed E-state index contributed by atoms with van der Waals surface area (Å²) in [5.74, 6) is -1.27. The van der Waals surface area contributed by atoms with E-state index in [0.29, 0.717) is 11.6 Å². The summed E-state index contributed by atoms with van der Waals surface area (Å²) >= 11 is 0. The predicted octanol–water partition coefficient (Wildman–Crippen LogP) is 3.91. The van der Waals surface area contributed by atoms with Gasteiger partial charge < -0.3 is 10.4 Å². The van der Waals surface area contributed by atoms with Crippen LogP contribution in [0, 0.1) is 11.7 Å². The first-order chi connectivity index (χ1) is 9.16. The van der Waals surface area contributed by atoms with Gasteiger partial charge in [-0.3, -0.25) is 0 Å². The van der Waals surface area contributed by atoms with E-state index in [1.54, 1.807) is 6.07 Å². The van der Waals surface area contributed by atoms with Crippen molar-refractivity contribution in [3.05, 3.63) is 29.6 Å². The summed E-state index contributed by atoms with van der Waals surface area (Å²) < 4.78 is 13.3. The Morgan fingerprint density at radius 1 is 1.26 bits per heavy atom. The number of rotatable bonds is 4. The Labute approximate surface area is 112 Å². The van der Waals surface area contributed by atoms with Crippen LogP contribution in [0.1, 0.15) is 48.9 Å². The van der Waals surface area contributed by atoms with Crippen molar-refractivity contribution in [3.63, 3.8) is 0 Å². The second kappa shape index (κ2) is 6.55. The molecule has 0 unspecified atom stereocenters. The van der Waals surface area contributed by atoms with Gasteiger partial charge in [-0.1, -0.05) is 25.7 Å². The van der Waals surface area contributed by atoms with Crippen LogP contribution in [0.3, 0.4) is 0 Å². The number of carboxylic acid groups (broad SMARTS) is 1. The van der Waals surface area contributed by atoms with Crippen molar-refractivity contribution < 1.29 is 14.3 Å². The second-order valence-corrected chi connectivity index (χ2v) is 5.24. The predicted molar refractivity (Wildman–Crippen MR) is 73.0 cm³/mol. The van der Waals surface area contributed by atoms with E-state index in [1.807, 2.05) is 0 Å². The fraction of sp³-hybridized carbons (Fsp3) is 0.533. The lowest BCUT2D eigenvalue weighted by atomic mass is 10.0. The maximum Gasteiger partial charge on any atom is 0.338 e. The van der Waals surface area contributed by atoms with Crippen LogP contribution < -0.4 is 5.32 Å². The molecule has 1 aliphatic carbocycles. The molecule has 0 heterocycles. The highest BCUT2D eigenvalue weighted by Gasteiger charge is 2.14. The molecular weight excluding hydrogens is 245 g/mol. The van der Waals surface area contributed by atoms with Gasteiger partial charge in [-0.05, 0) is 37.0 Å². The zero-order valence-electron chi connectivity index (χ0n) is 11.0. The number of nitrogens with one attached hydrogen (secondary N) is 1. The van der Waals surface area contributed by atoms with Gasteiger partial charge in [0.15, 0.2) is 0 Å². The van der Waals surface area contributed by atoms with Crippen LogP contribution in [0.25, 0.3) is 0 Å². The largest absolute Gasteiger partial charge is 0.478 e. The smallest absolute Gasteiger partial charge is 0.338 e. The standard InChI is InChI=1S/C15H20FNO2/c16-14-8-7-12(9-13(14)15(18)19)17-10-11-5-3-1-2-4-6-11/h7-9,11,17H,1-6,10H2,(H,18,19). The van der Waals surface area contributed by atoms with Crippen LogP contribution in [0.2, 0.25) is 0 Å². The molecule has 2 N–H and O–H groups in total. The van der Waals surface area contributed by atoms with E-state index in [1.165, 1.54) is 50.7 Å². The molecule has 0 aromatic heterocycles. The Morgan fingerprint density at radius 2 is 1.95 bits per heavy atom. The SMILES string of the molecule is O=C(O)c1cc(NCC2CCCCCC2)ccc1F. The summed E-state index contributed by atoms with van der Waals surface area (Å²) in [6.45, 7) is 0.838. The molecule has 104 valence electrons. The Morgan fingerprint density at radius 3 is 2.58 bits per heavy atom. The number of aromatic carboxylic acids is 1. The minimum Gasteiger partial charge on any atom is -0.478 e. The first-order valence-corrected chi connectivity index (χ1v) is 6.93. The molecule has 0 saturated heterocycles. The molecule has 0 aliphatic heterocycles. The number of benzene rings is 1. The molecule has 1 aromatic rings. The molecule has 0 bridgehead atoms. The summed E-state index contributed by atoms with van der Waals surface area (Å²) in [7, 11) is 0. The highest BCUT2D eigenvalue weighted by molar-refractivity contribution is 5.89. The van der Waals surface area contributed by atoms with E-state index in [2.05, 4.69) is 5.32 Å². The summed E-state index contributed by atoms with van der Waals surface area (Å²) in [5, 5.41) is 12.1. The molecule has 3 nitrogen and oxygen atoms in total. The van der Waals surface area contributed by atoms with Crippen LogP contribution in [0.15, 0.2) is 18.2 Å². The summed E-state index contributed by atoms with van der Waals surface area (Å²) in [4.78, 5) is 10.9. The highest BCUT2D eigenvalue weighted by Crippen LogP contribution is 2.23. The van der Waals surface area contributed by atoms with E-state index < -0.39 is 11.8 Å². The molecular formula is C15H20FNO2. The summed E-state index contributed by atoms with van der Waals surface area (Å²) in [6.07, 6.45) is 7.62. The first kappa shape index (κ1) is 13.8. The second-order valence-electron chi connectivity index (χ2n) is 5.24. The summed E-state index contributed by atoms with van der Waals surface area (Å²) in [5.41, 5.74) is 0.411. The molecule has 1 saturated carbocycles. The van der Waals surface area contributed by atoms with Crippen LogP contribution in [0.4, 0.5) is 10.1 Å². The molecule has 1 aromatic carbocycles. The fourth-order valence-corrected chi connectivity index (χ4v) is 2.63. The van der Waals surface area contributed by atoms with Crippen molar-refractivity contribution in [3.8, 4) is 0 Å². The third-order valence-corrected chi connectivity index (χ3v) is 3.77. The van der Waals surface area contributed by atoms with Crippen LogP contribution in [0.5, 0.6) is 0 Å². The number of carboxylic acids is 1. The Kier molecular flexibility index (Phi) is 4.77. The molecule has 0 amide bonds. The first-order valence-electron chi connectivity index (χ1n) is 6.93. The monoisotopic (exact) mass is 265 g/mol. The van der Waals surface area contributed by atoms with Gasteiger partial charge in [-0.2, -0.15) is 0 Å². The summed E-state index contributed by atoms with van der Waals surface area (Å²) in [6, 6.07) is 4.17. The lowest BCUT2D eigenvalue weighted by molar-refractivity contribution is 0.0692. The van der Waals surface area contributed by atoms with Crippen LogP contribution in [-0.2, 0) is 0 Å². The molecule has 2 rings (SSSR count).